The highest BCUT2D eigenvalue weighted by Gasteiger charge is 2.11. The summed E-state index contributed by atoms with van der Waals surface area (Å²) < 4.78 is 1.55. The number of aryl methyl sites for hydroxylation is 1. The maximum Gasteiger partial charge on any atom is 0.346 e. The van der Waals surface area contributed by atoms with Crippen molar-refractivity contribution < 1.29 is 9.90 Å². The molecule has 5 nitrogen and oxygen atoms in total. The molecule has 0 radical (unpaired) electrons. The van der Waals surface area contributed by atoms with Gasteiger partial charge < -0.3 is 5.11 Å². The van der Waals surface area contributed by atoms with Crippen LogP contribution in [0.3, 0.4) is 0 Å². The molecule has 0 fully saturated rings. The Hall–Kier alpha value is -1.43. The van der Waals surface area contributed by atoms with Gasteiger partial charge in [0.2, 0.25) is 0 Å². The Morgan fingerprint density at radius 2 is 2.50 bits per heavy atom. The maximum absolute atomic E-state index is 10.5. The molecule has 0 bridgehead atoms. The molecular weight excluding hydrogens is 178 g/mol. The maximum atomic E-state index is 10.5. The Balaban J connectivity index is 2.70. The summed E-state index contributed by atoms with van der Waals surface area (Å²) in [7, 11) is 1.73. The van der Waals surface area contributed by atoms with Crippen LogP contribution in [0.25, 0.3) is 10.3 Å². The van der Waals surface area contributed by atoms with Crippen LogP contribution in [-0.4, -0.2) is 26.1 Å². The third-order valence-electron chi connectivity index (χ3n) is 1.52. The van der Waals surface area contributed by atoms with Gasteiger partial charge in [-0.2, -0.15) is 0 Å². The lowest BCUT2D eigenvalue weighted by Crippen LogP contribution is -1.92. The average Bonchev–Trinajstić information content (AvgIpc) is 2.53. The quantitative estimate of drug-likeness (QED) is 0.707. The molecule has 0 aliphatic carbocycles. The van der Waals surface area contributed by atoms with Crippen molar-refractivity contribution >= 4 is 27.7 Å². The zero-order chi connectivity index (χ0) is 8.72. The third kappa shape index (κ3) is 0.884. The predicted molar refractivity (Wildman–Crippen MR) is 43.3 cm³/mol. The summed E-state index contributed by atoms with van der Waals surface area (Å²) in [5.74, 6) is -0.919. The highest BCUT2D eigenvalue weighted by molar-refractivity contribution is 7.20. The molecule has 2 aromatic heterocycles. The monoisotopic (exact) mass is 183 g/mol. The molecule has 0 atom stereocenters. The molecule has 0 saturated carbocycles. The number of nitrogens with zero attached hydrogens (tertiary/aromatic N) is 3. The summed E-state index contributed by atoms with van der Waals surface area (Å²) >= 11 is 1.13. The van der Waals surface area contributed by atoms with Crippen LogP contribution in [0, 0.1) is 0 Å². The molecule has 2 aromatic rings. The molecule has 0 saturated heterocycles. The van der Waals surface area contributed by atoms with Crippen molar-refractivity contribution in [1.82, 2.24) is 15.0 Å². The fourth-order valence-electron chi connectivity index (χ4n) is 0.937. The first-order valence-corrected chi connectivity index (χ1v) is 4.02. The van der Waals surface area contributed by atoms with Crippen LogP contribution in [0.2, 0.25) is 0 Å². The van der Waals surface area contributed by atoms with Gasteiger partial charge in [-0.15, -0.1) is 16.4 Å². The average molecular weight is 183 g/mol. The van der Waals surface area contributed by atoms with Crippen molar-refractivity contribution in [3.05, 3.63) is 10.9 Å². The molecule has 0 aliphatic rings. The lowest BCUT2D eigenvalue weighted by molar-refractivity contribution is 0.0702. The minimum absolute atomic E-state index is 0.297. The SMILES string of the molecule is Cn1nnc2sc(C(=O)O)cc21. The first kappa shape index (κ1) is 7.23. The minimum atomic E-state index is -0.919. The van der Waals surface area contributed by atoms with Crippen molar-refractivity contribution in [3.63, 3.8) is 0 Å². The summed E-state index contributed by atoms with van der Waals surface area (Å²) in [6.07, 6.45) is 0. The van der Waals surface area contributed by atoms with E-state index < -0.39 is 5.97 Å². The molecule has 2 rings (SSSR count). The van der Waals surface area contributed by atoms with Gasteiger partial charge >= 0.3 is 5.97 Å². The number of aromatic carboxylic acids is 1. The molecule has 62 valence electrons. The normalized spacial score (nSPS) is 10.8. The molecule has 0 aliphatic heterocycles. The van der Waals surface area contributed by atoms with Gasteiger partial charge in [-0.05, 0) is 6.07 Å². The molecule has 0 amide bonds. The van der Waals surface area contributed by atoms with Gasteiger partial charge in [0, 0.05) is 7.05 Å². The smallest absolute Gasteiger partial charge is 0.346 e. The van der Waals surface area contributed by atoms with E-state index in [0.29, 0.717) is 9.71 Å². The van der Waals surface area contributed by atoms with E-state index in [-0.39, 0.29) is 0 Å². The molecular formula is C6H5N3O2S. The Labute approximate surface area is 71.2 Å². The van der Waals surface area contributed by atoms with E-state index in [2.05, 4.69) is 10.3 Å². The number of carboxylic acid groups (broad SMARTS) is 1. The molecule has 0 aromatic carbocycles. The van der Waals surface area contributed by atoms with Crippen molar-refractivity contribution in [2.45, 2.75) is 0 Å². The zero-order valence-corrected chi connectivity index (χ0v) is 7.00. The second-order valence-electron chi connectivity index (χ2n) is 2.32. The summed E-state index contributed by atoms with van der Waals surface area (Å²) in [6.45, 7) is 0. The van der Waals surface area contributed by atoms with E-state index >= 15 is 0 Å². The lowest BCUT2D eigenvalue weighted by atomic mass is 10.4. The van der Waals surface area contributed by atoms with Crippen LogP contribution < -0.4 is 0 Å². The van der Waals surface area contributed by atoms with Gasteiger partial charge in [0.15, 0.2) is 4.83 Å². The molecule has 0 unspecified atom stereocenters. The minimum Gasteiger partial charge on any atom is -0.477 e. The van der Waals surface area contributed by atoms with Crippen molar-refractivity contribution in [3.8, 4) is 0 Å². The number of hydrogen-bond acceptors (Lipinski definition) is 4. The number of rotatable bonds is 1. The van der Waals surface area contributed by atoms with Crippen molar-refractivity contribution in [2.24, 2.45) is 7.05 Å². The van der Waals surface area contributed by atoms with Gasteiger partial charge in [-0.3, -0.25) is 0 Å². The Kier molecular flexibility index (Phi) is 1.37. The second-order valence-corrected chi connectivity index (χ2v) is 3.35. The van der Waals surface area contributed by atoms with E-state index in [0.717, 1.165) is 16.9 Å². The van der Waals surface area contributed by atoms with Crippen molar-refractivity contribution in [1.29, 1.82) is 0 Å². The number of carboxylic acids is 1. The number of thiophene rings is 1. The van der Waals surface area contributed by atoms with E-state index in [4.69, 9.17) is 5.11 Å². The highest BCUT2D eigenvalue weighted by Crippen LogP contribution is 2.22. The van der Waals surface area contributed by atoms with Crippen LogP contribution in [-0.2, 0) is 7.05 Å². The Bertz CT molecular complexity index is 445. The number of carbonyl (C=O) groups is 1. The number of aromatic nitrogens is 3. The summed E-state index contributed by atoms with van der Waals surface area (Å²) in [5.41, 5.74) is 0.761. The van der Waals surface area contributed by atoms with Crippen LogP contribution in [0.4, 0.5) is 0 Å². The Morgan fingerprint density at radius 1 is 1.75 bits per heavy atom. The lowest BCUT2D eigenvalue weighted by Gasteiger charge is -1.84. The van der Waals surface area contributed by atoms with Gasteiger partial charge in [0.25, 0.3) is 0 Å². The largest absolute Gasteiger partial charge is 0.477 e. The fraction of sp³-hybridized carbons (Fsp3) is 0.167. The summed E-state index contributed by atoms with van der Waals surface area (Å²) in [6, 6.07) is 1.57. The topological polar surface area (TPSA) is 68.0 Å². The fourth-order valence-corrected chi connectivity index (χ4v) is 1.78. The van der Waals surface area contributed by atoms with Gasteiger partial charge in [0.05, 0.1) is 0 Å². The van der Waals surface area contributed by atoms with Gasteiger partial charge in [0.1, 0.15) is 10.4 Å². The first-order chi connectivity index (χ1) is 5.68. The molecule has 2 heterocycles. The molecule has 6 heteroatoms. The number of hydrogen-bond donors (Lipinski definition) is 1. The Morgan fingerprint density at radius 3 is 3.08 bits per heavy atom. The number of fused-ring (bicyclic) bond motifs is 1. The summed E-state index contributed by atoms with van der Waals surface area (Å²) in [5, 5.41) is 16.2. The first-order valence-electron chi connectivity index (χ1n) is 3.21. The van der Waals surface area contributed by atoms with Gasteiger partial charge in [-0.25, -0.2) is 9.48 Å². The highest BCUT2D eigenvalue weighted by atomic mass is 32.1. The van der Waals surface area contributed by atoms with Crippen LogP contribution >= 0.6 is 11.3 Å². The van der Waals surface area contributed by atoms with Gasteiger partial charge in [-0.1, -0.05) is 5.21 Å². The van der Waals surface area contributed by atoms with E-state index in [1.807, 2.05) is 0 Å². The van der Waals surface area contributed by atoms with E-state index in [1.54, 1.807) is 17.8 Å². The zero-order valence-electron chi connectivity index (χ0n) is 6.18. The van der Waals surface area contributed by atoms with Crippen molar-refractivity contribution in [2.75, 3.05) is 0 Å². The standard InChI is InChI=1S/C6H5N3O2S/c1-9-3-2-4(6(10)11)12-5(3)7-8-9/h2H,1H3,(H,10,11). The van der Waals surface area contributed by atoms with Crippen LogP contribution in [0.15, 0.2) is 6.07 Å². The molecule has 12 heavy (non-hydrogen) atoms. The van der Waals surface area contributed by atoms with Crippen LogP contribution in [0.5, 0.6) is 0 Å². The predicted octanol–water partition coefficient (Wildman–Crippen LogP) is 0.728. The third-order valence-corrected chi connectivity index (χ3v) is 2.52. The molecule has 1 N–H and O–H groups in total. The van der Waals surface area contributed by atoms with E-state index in [9.17, 15) is 4.79 Å². The van der Waals surface area contributed by atoms with E-state index in [1.165, 1.54) is 0 Å². The second kappa shape index (κ2) is 2.28. The van der Waals surface area contributed by atoms with Crippen LogP contribution in [0.1, 0.15) is 9.67 Å². The molecule has 0 spiro atoms. The summed E-state index contributed by atoms with van der Waals surface area (Å²) in [4.78, 5) is 11.5.